The van der Waals surface area contributed by atoms with E-state index in [0.29, 0.717) is 13.0 Å². The molecule has 1 fully saturated rings. The first kappa shape index (κ1) is 22.7. The molecular formula is C15H24N4O7S. The third-order valence-corrected chi connectivity index (χ3v) is 4.30. The number of thiol groups is 1. The molecule has 0 bridgehead atoms. The average Bonchev–Trinajstić information content (AvgIpc) is 3.12. The van der Waals surface area contributed by atoms with E-state index in [4.69, 9.17) is 10.2 Å². The largest absolute Gasteiger partial charge is 0.481 e. The van der Waals surface area contributed by atoms with E-state index >= 15 is 0 Å². The molecule has 4 unspecified atom stereocenters. The van der Waals surface area contributed by atoms with E-state index in [2.05, 4.69) is 28.6 Å². The third kappa shape index (κ3) is 7.43. The highest BCUT2D eigenvalue weighted by Gasteiger charge is 2.29. The van der Waals surface area contributed by atoms with E-state index in [-0.39, 0.29) is 17.7 Å². The quantitative estimate of drug-likeness (QED) is 0.199. The maximum atomic E-state index is 12.3. The molecule has 0 aromatic heterocycles. The van der Waals surface area contributed by atoms with Gasteiger partial charge in [-0.25, -0.2) is 4.79 Å². The van der Waals surface area contributed by atoms with E-state index in [0.717, 1.165) is 6.42 Å². The van der Waals surface area contributed by atoms with Gasteiger partial charge >= 0.3 is 11.9 Å². The Balaban J connectivity index is 2.58. The molecule has 1 rings (SSSR count). The number of amides is 3. The van der Waals surface area contributed by atoms with Gasteiger partial charge in [0.2, 0.25) is 17.7 Å². The number of hydrogen-bond donors (Lipinski definition) is 7. The summed E-state index contributed by atoms with van der Waals surface area (Å²) in [6.07, 6.45) is 0.714. The highest BCUT2D eigenvalue weighted by atomic mass is 32.1. The molecule has 0 saturated carbocycles. The summed E-state index contributed by atoms with van der Waals surface area (Å²) in [4.78, 5) is 58.0. The summed E-state index contributed by atoms with van der Waals surface area (Å²) in [5, 5.41) is 27.5. The van der Waals surface area contributed by atoms with Crippen molar-refractivity contribution in [3.63, 3.8) is 0 Å². The molecule has 0 aliphatic carbocycles. The van der Waals surface area contributed by atoms with Crippen molar-refractivity contribution in [3.05, 3.63) is 0 Å². The van der Waals surface area contributed by atoms with Gasteiger partial charge in [0.25, 0.3) is 0 Å². The van der Waals surface area contributed by atoms with Gasteiger partial charge in [0.1, 0.15) is 18.1 Å². The van der Waals surface area contributed by atoms with E-state index in [1.807, 2.05) is 5.32 Å². The number of carbonyl (C=O) groups is 5. The third-order valence-electron chi connectivity index (χ3n) is 3.94. The molecule has 3 amide bonds. The molecule has 6 N–H and O–H groups in total. The summed E-state index contributed by atoms with van der Waals surface area (Å²) in [6.45, 7) is 2.02. The first-order chi connectivity index (χ1) is 12.6. The fourth-order valence-electron chi connectivity index (χ4n) is 2.43. The molecule has 27 heavy (non-hydrogen) atoms. The summed E-state index contributed by atoms with van der Waals surface area (Å²) in [5.41, 5.74) is 0. The summed E-state index contributed by atoms with van der Waals surface area (Å²) in [6, 6.07) is -4.12. The summed E-state index contributed by atoms with van der Waals surface area (Å²) >= 11 is 4.03. The Morgan fingerprint density at radius 1 is 1.07 bits per heavy atom. The van der Waals surface area contributed by atoms with Gasteiger partial charge in [0.15, 0.2) is 0 Å². The molecule has 1 aliphatic heterocycles. The lowest BCUT2D eigenvalue weighted by atomic mass is 10.1. The lowest BCUT2D eigenvalue weighted by Gasteiger charge is -2.22. The van der Waals surface area contributed by atoms with Crippen LogP contribution in [0.3, 0.4) is 0 Å². The minimum atomic E-state index is -1.62. The maximum absolute atomic E-state index is 12.3. The van der Waals surface area contributed by atoms with Crippen LogP contribution in [0.15, 0.2) is 0 Å². The van der Waals surface area contributed by atoms with Crippen LogP contribution in [0.25, 0.3) is 0 Å². The number of rotatable bonds is 10. The van der Waals surface area contributed by atoms with Crippen LogP contribution in [-0.2, 0) is 24.0 Å². The van der Waals surface area contributed by atoms with Crippen molar-refractivity contribution < 1.29 is 34.2 Å². The van der Waals surface area contributed by atoms with Crippen LogP contribution < -0.4 is 21.3 Å². The second-order valence-electron chi connectivity index (χ2n) is 6.12. The first-order valence-electron chi connectivity index (χ1n) is 8.35. The van der Waals surface area contributed by atoms with Crippen LogP contribution in [0.5, 0.6) is 0 Å². The Labute approximate surface area is 161 Å². The van der Waals surface area contributed by atoms with Gasteiger partial charge in [-0.2, -0.15) is 12.6 Å². The van der Waals surface area contributed by atoms with Crippen LogP contribution in [0.2, 0.25) is 0 Å². The van der Waals surface area contributed by atoms with Crippen molar-refractivity contribution in [2.45, 2.75) is 50.4 Å². The molecule has 1 saturated heterocycles. The van der Waals surface area contributed by atoms with E-state index in [1.165, 1.54) is 6.92 Å². The summed E-state index contributed by atoms with van der Waals surface area (Å²) < 4.78 is 0. The Morgan fingerprint density at radius 2 is 1.74 bits per heavy atom. The van der Waals surface area contributed by atoms with E-state index in [1.54, 1.807) is 0 Å². The number of nitrogens with one attached hydrogen (secondary N) is 4. The number of carboxylic acid groups (broad SMARTS) is 2. The van der Waals surface area contributed by atoms with Gasteiger partial charge < -0.3 is 31.5 Å². The van der Waals surface area contributed by atoms with Crippen molar-refractivity contribution in [2.75, 3.05) is 12.3 Å². The molecule has 1 heterocycles. The number of aliphatic carboxylic acids is 2. The lowest BCUT2D eigenvalue weighted by molar-refractivity contribution is -0.147. The zero-order valence-electron chi connectivity index (χ0n) is 14.7. The second-order valence-corrected chi connectivity index (χ2v) is 6.49. The monoisotopic (exact) mass is 404 g/mol. The topological polar surface area (TPSA) is 174 Å². The van der Waals surface area contributed by atoms with Gasteiger partial charge in [-0.1, -0.05) is 0 Å². The van der Waals surface area contributed by atoms with Gasteiger partial charge in [0.05, 0.1) is 12.5 Å². The van der Waals surface area contributed by atoms with Crippen LogP contribution in [-0.4, -0.2) is 76.3 Å². The van der Waals surface area contributed by atoms with Gasteiger partial charge in [-0.15, -0.1) is 0 Å². The molecule has 11 nitrogen and oxygen atoms in total. The molecule has 12 heteroatoms. The van der Waals surface area contributed by atoms with Crippen molar-refractivity contribution in [3.8, 4) is 0 Å². The second kappa shape index (κ2) is 10.7. The number of hydrogen-bond acceptors (Lipinski definition) is 7. The summed E-state index contributed by atoms with van der Waals surface area (Å²) in [5.74, 6) is -4.77. The van der Waals surface area contributed by atoms with Crippen LogP contribution in [0, 0.1) is 0 Å². The zero-order valence-corrected chi connectivity index (χ0v) is 15.6. The predicted octanol–water partition coefficient (Wildman–Crippen LogP) is -2.30. The van der Waals surface area contributed by atoms with Crippen LogP contribution in [0.1, 0.15) is 26.2 Å². The lowest BCUT2D eigenvalue weighted by Crippen LogP contribution is -2.56. The van der Waals surface area contributed by atoms with Crippen LogP contribution in [0.4, 0.5) is 0 Å². The normalized spacial score (nSPS) is 19.4. The highest BCUT2D eigenvalue weighted by Crippen LogP contribution is 2.05. The smallest absolute Gasteiger partial charge is 0.326 e. The minimum absolute atomic E-state index is 0.00457. The summed E-state index contributed by atoms with van der Waals surface area (Å²) in [7, 11) is 0. The molecule has 0 spiro atoms. The van der Waals surface area contributed by atoms with Crippen molar-refractivity contribution in [1.82, 2.24) is 21.3 Å². The fourth-order valence-corrected chi connectivity index (χ4v) is 2.68. The zero-order chi connectivity index (χ0) is 20.6. The van der Waals surface area contributed by atoms with Crippen LogP contribution >= 0.6 is 12.6 Å². The molecule has 1 aliphatic rings. The molecule has 0 radical (unpaired) electrons. The Morgan fingerprint density at radius 3 is 2.22 bits per heavy atom. The molecular weight excluding hydrogens is 380 g/mol. The van der Waals surface area contributed by atoms with Crippen molar-refractivity contribution in [1.29, 1.82) is 0 Å². The highest BCUT2D eigenvalue weighted by molar-refractivity contribution is 7.80. The SMILES string of the molecule is CC(NC(=O)C(CS)NC(=O)C1CCCN1)C(=O)NC(CC(=O)O)C(=O)O. The first-order valence-corrected chi connectivity index (χ1v) is 8.99. The molecule has 0 aromatic rings. The molecule has 152 valence electrons. The Kier molecular flexibility index (Phi) is 9.02. The van der Waals surface area contributed by atoms with E-state index in [9.17, 15) is 24.0 Å². The standard InChI is InChI=1S/C15H24N4O7S/c1-7(12(22)18-9(15(25)26)5-11(20)21)17-14(24)10(6-27)19-13(23)8-3-2-4-16-8/h7-10,16,27H,2-6H2,1H3,(H,17,24)(H,18,22)(H,19,23)(H,20,21)(H,25,26). The molecule has 0 aromatic carbocycles. The average molecular weight is 404 g/mol. The Hall–Kier alpha value is -2.34. The predicted molar refractivity (Wildman–Crippen MR) is 96.2 cm³/mol. The molecule has 4 atom stereocenters. The Bertz CT molecular complexity index is 595. The van der Waals surface area contributed by atoms with Crippen molar-refractivity contribution in [2.24, 2.45) is 0 Å². The van der Waals surface area contributed by atoms with E-state index < -0.39 is 48.3 Å². The van der Waals surface area contributed by atoms with Gasteiger partial charge in [-0.05, 0) is 26.3 Å². The fraction of sp³-hybridized carbons (Fsp3) is 0.667. The van der Waals surface area contributed by atoms with Crippen molar-refractivity contribution >= 4 is 42.3 Å². The maximum Gasteiger partial charge on any atom is 0.326 e. The number of carboxylic acids is 2. The minimum Gasteiger partial charge on any atom is -0.481 e. The van der Waals surface area contributed by atoms with Gasteiger partial charge in [-0.3, -0.25) is 19.2 Å². The number of carbonyl (C=O) groups excluding carboxylic acids is 3. The van der Waals surface area contributed by atoms with Gasteiger partial charge in [0, 0.05) is 5.75 Å².